The number of nitrogens with one attached hydrogen (secondary N) is 1. The van der Waals surface area contributed by atoms with Gasteiger partial charge < -0.3 is 15.3 Å². The third kappa shape index (κ3) is 4.67. The second-order valence-electron chi connectivity index (χ2n) is 7.88. The second-order valence-corrected chi connectivity index (χ2v) is 7.88. The summed E-state index contributed by atoms with van der Waals surface area (Å²) >= 11 is 0. The summed E-state index contributed by atoms with van der Waals surface area (Å²) in [5.41, 5.74) is 1.21. The number of likely N-dealkylation sites (tertiary alicyclic amines) is 1. The molecule has 1 aromatic rings. The van der Waals surface area contributed by atoms with Gasteiger partial charge in [-0.25, -0.2) is 0 Å². The van der Waals surface area contributed by atoms with Crippen molar-refractivity contribution in [2.45, 2.75) is 45.4 Å². The molecule has 0 aromatic heterocycles. The number of benzene rings is 1. The van der Waals surface area contributed by atoms with E-state index in [4.69, 9.17) is 0 Å². The van der Waals surface area contributed by atoms with Gasteiger partial charge in [-0.3, -0.25) is 14.4 Å². The predicted octanol–water partition coefficient (Wildman–Crippen LogP) is 3.39. The molecule has 1 saturated heterocycles. The molecule has 0 bridgehead atoms. The van der Waals surface area contributed by atoms with Crippen molar-refractivity contribution in [2.75, 3.05) is 18.4 Å². The molecule has 2 amide bonds. The van der Waals surface area contributed by atoms with Crippen LogP contribution in [-0.2, 0) is 9.59 Å². The number of carbonyl (C=O) groups is 3. The van der Waals surface area contributed by atoms with Gasteiger partial charge in [-0.1, -0.05) is 19.8 Å². The molecule has 146 valence electrons. The Balaban J connectivity index is 1.61. The summed E-state index contributed by atoms with van der Waals surface area (Å²) in [5, 5.41) is 12.2. The average molecular weight is 372 g/mol. The summed E-state index contributed by atoms with van der Waals surface area (Å²) < 4.78 is 0. The molecular weight excluding hydrogens is 344 g/mol. The van der Waals surface area contributed by atoms with Gasteiger partial charge in [-0.15, -0.1) is 0 Å². The lowest BCUT2D eigenvalue weighted by Crippen LogP contribution is -2.38. The maximum Gasteiger partial charge on any atom is 0.307 e. The highest BCUT2D eigenvalue weighted by Gasteiger charge is 2.35. The first kappa shape index (κ1) is 19.4. The molecular formula is C21H28N2O4. The van der Waals surface area contributed by atoms with Gasteiger partial charge in [0.2, 0.25) is 5.91 Å². The van der Waals surface area contributed by atoms with Crippen molar-refractivity contribution in [3.05, 3.63) is 29.8 Å². The highest BCUT2D eigenvalue weighted by Crippen LogP contribution is 2.31. The quantitative estimate of drug-likeness (QED) is 0.848. The summed E-state index contributed by atoms with van der Waals surface area (Å²) in [6, 6.07) is 6.89. The fraction of sp³-hybridized carbons (Fsp3) is 0.571. The van der Waals surface area contributed by atoms with E-state index in [2.05, 4.69) is 12.2 Å². The molecule has 0 radical (unpaired) electrons. The molecule has 6 nitrogen and oxygen atoms in total. The van der Waals surface area contributed by atoms with E-state index in [1.165, 1.54) is 0 Å². The van der Waals surface area contributed by atoms with Crippen LogP contribution in [0.15, 0.2) is 24.3 Å². The smallest absolute Gasteiger partial charge is 0.307 e. The van der Waals surface area contributed by atoms with Crippen LogP contribution in [-0.4, -0.2) is 40.9 Å². The van der Waals surface area contributed by atoms with E-state index in [1.807, 2.05) is 4.90 Å². The zero-order valence-corrected chi connectivity index (χ0v) is 15.8. The highest BCUT2D eigenvalue weighted by molar-refractivity contribution is 5.97. The van der Waals surface area contributed by atoms with E-state index in [0.29, 0.717) is 30.0 Å². The number of carboxylic acids is 1. The van der Waals surface area contributed by atoms with Gasteiger partial charge in [0.1, 0.15) is 0 Å². The third-order valence-electron chi connectivity index (χ3n) is 5.89. The first-order valence-electron chi connectivity index (χ1n) is 9.88. The number of nitrogens with zero attached hydrogens (tertiary/aromatic N) is 1. The Morgan fingerprint density at radius 3 is 2.15 bits per heavy atom. The molecule has 0 spiro atoms. The Morgan fingerprint density at radius 1 is 0.963 bits per heavy atom. The zero-order chi connectivity index (χ0) is 19.4. The number of rotatable bonds is 4. The highest BCUT2D eigenvalue weighted by atomic mass is 16.4. The van der Waals surface area contributed by atoms with Crippen molar-refractivity contribution in [1.82, 2.24) is 4.90 Å². The van der Waals surface area contributed by atoms with Crippen LogP contribution >= 0.6 is 0 Å². The molecule has 27 heavy (non-hydrogen) atoms. The molecule has 2 aliphatic rings. The summed E-state index contributed by atoms with van der Waals surface area (Å²) in [5.74, 6) is -1.55. The summed E-state index contributed by atoms with van der Waals surface area (Å²) in [4.78, 5) is 38.4. The maximum atomic E-state index is 12.6. The maximum absolute atomic E-state index is 12.6. The lowest BCUT2D eigenvalue weighted by molar-refractivity contribution is -0.147. The number of carbonyl (C=O) groups excluding carboxylic acids is 2. The van der Waals surface area contributed by atoms with E-state index < -0.39 is 17.8 Å². The molecule has 1 aliphatic carbocycles. The third-order valence-corrected chi connectivity index (χ3v) is 5.89. The van der Waals surface area contributed by atoms with Gasteiger partial charge in [0.05, 0.1) is 11.8 Å². The van der Waals surface area contributed by atoms with Crippen LogP contribution in [0.1, 0.15) is 55.8 Å². The van der Waals surface area contributed by atoms with Gasteiger partial charge in [-0.2, -0.15) is 0 Å². The molecule has 1 aromatic carbocycles. The summed E-state index contributed by atoms with van der Waals surface area (Å²) in [6.07, 6.45) is 4.96. The van der Waals surface area contributed by atoms with Crippen molar-refractivity contribution in [3.8, 4) is 0 Å². The van der Waals surface area contributed by atoms with E-state index in [9.17, 15) is 19.5 Å². The SMILES string of the molecule is CC1CCN(C(=O)c2ccc(NC(=O)[C@@H]3CCCC[C@H]3C(=O)O)cc2)CC1. The van der Waals surface area contributed by atoms with Crippen LogP contribution in [0.5, 0.6) is 0 Å². The fourth-order valence-corrected chi connectivity index (χ4v) is 4.07. The Labute approximate surface area is 159 Å². The molecule has 1 aliphatic heterocycles. The minimum absolute atomic E-state index is 0.0259. The summed E-state index contributed by atoms with van der Waals surface area (Å²) in [6.45, 7) is 3.79. The second kappa shape index (κ2) is 8.55. The van der Waals surface area contributed by atoms with Gasteiger partial charge in [-0.05, 0) is 55.9 Å². The van der Waals surface area contributed by atoms with E-state index in [0.717, 1.165) is 38.8 Å². The number of carboxylic acid groups (broad SMARTS) is 1. The number of piperidine rings is 1. The van der Waals surface area contributed by atoms with E-state index in [1.54, 1.807) is 24.3 Å². The van der Waals surface area contributed by atoms with Crippen molar-refractivity contribution in [1.29, 1.82) is 0 Å². The minimum Gasteiger partial charge on any atom is -0.481 e. The summed E-state index contributed by atoms with van der Waals surface area (Å²) in [7, 11) is 0. The molecule has 1 heterocycles. The van der Waals surface area contributed by atoms with Crippen molar-refractivity contribution in [3.63, 3.8) is 0 Å². The van der Waals surface area contributed by atoms with Crippen LogP contribution in [0.4, 0.5) is 5.69 Å². The Hall–Kier alpha value is -2.37. The van der Waals surface area contributed by atoms with Crippen LogP contribution in [0.2, 0.25) is 0 Å². The predicted molar refractivity (Wildman–Crippen MR) is 102 cm³/mol. The molecule has 3 rings (SSSR count). The number of hydrogen-bond acceptors (Lipinski definition) is 3. The van der Waals surface area contributed by atoms with E-state index in [-0.39, 0.29) is 11.8 Å². The number of aliphatic carboxylic acids is 1. The van der Waals surface area contributed by atoms with Gasteiger partial charge in [0.25, 0.3) is 5.91 Å². The Bertz CT molecular complexity index is 693. The molecule has 2 N–H and O–H groups in total. The van der Waals surface area contributed by atoms with E-state index >= 15 is 0 Å². The Morgan fingerprint density at radius 2 is 1.56 bits per heavy atom. The fourth-order valence-electron chi connectivity index (χ4n) is 4.07. The normalized spacial score (nSPS) is 23.7. The first-order valence-corrected chi connectivity index (χ1v) is 9.88. The Kier molecular flexibility index (Phi) is 6.14. The molecule has 1 saturated carbocycles. The largest absolute Gasteiger partial charge is 0.481 e. The number of hydrogen-bond donors (Lipinski definition) is 2. The average Bonchev–Trinajstić information content (AvgIpc) is 2.68. The topological polar surface area (TPSA) is 86.7 Å². The molecule has 6 heteroatoms. The first-order chi connectivity index (χ1) is 13.0. The molecule has 2 atom stereocenters. The number of anilines is 1. The van der Waals surface area contributed by atoms with Crippen LogP contribution < -0.4 is 5.32 Å². The standard InChI is InChI=1S/C21H28N2O4/c1-14-10-12-23(13-11-14)20(25)15-6-8-16(9-7-15)22-19(24)17-4-2-3-5-18(17)21(26)27/h6-9,14,17-18H,2-5,10-13H2,1H3,(H,22,24)(H,26,27)/t17-,18-/m1/s1. The molecule has 2 fully saturated rings. The lowest BCUT2D eigenvalue weighted by Gasteiger charge is -2.30. The van der Waals surface area contributed by atoms with Gasteiger partial charge in [0, 0.05) is 24.3 Å². The lowest BCUT2D eigenvalue weighted by atomic mass is 9.78. The van der Waals surface area contributed by atoms with Crippen LogP contribution in [0.3, 0.4) is 0 Å². The molecule has 0 unspecified atom stereocenters. The van der Waals surface area contributed by atoms with Crippen molar-refractivity contribution in [2.24, 2.45) is 17.8 Å². The van der Waals surface area contributed by atoms with Crippen LogP contribution in [0.25, 0.3) is 0 Å². The van der Waals surface area contributed by atoms with Crippen molar-refractivity contribution < 1.29 is 19.5 Å². The van der Waals surface area contributed by atoms with Crippen LogP contribution in [0, 0.1) is 17.8 Å². The van der Waals surface area contributed by atoms with Gasteiger partial charge in [0.15, 0.2) is 0 Å². The monoisotopic (exact) mass is 372 g/mol. The zero-order valence-electron chi connectivity index (χ0n) is 15.8. The van der Waals surface area contributed by atoms with Crippen molar-refractivity contribution >= 4 is 23.5 Å². The van der Waals surface area contributed by atoms with Gasteiger partial charge >= 0.3 is 5.97 Å². The number of amides is 2. The minimum atomic E-state index is -0.897.